The lowest BCUT2D eigenvalue weighted by atomic mass is 10.2. The van der Waals surface area contributed by atoms with Crippen LogP contribution in [-0.4, -0.2) is 36.0 Å². The second kappa shape index (κ2) is 6.62. The average molecular weight is 400 g/mol. The maximum absolute atomic E-state index is 12.4. The van der Waals surface area contributed by atoms with Gasteiger partial charge >= 0.3 is 0 Å². The van der Waals surface area contributed by atoms with Gasteiger partial charge in [-0.2, -0.15) is 0 Å². The Balaban J connectivity index is 1.98. The fourth-order valence-electron chi connectivity index (χ4n) is 2.44. The number of carbonyl (C=O) groups excluding carboxylic acids is 2. The molecule has 0 bridgehead atoms. The SMILES string of the molecule is O=C(NN1C(=O)CS(=O)(=O)[C@@H]1c1ccc(Cl)cc1Cl)c1ccncc1. The minimum Gasteiger partial charge on any atom is -0.272 e. The summed E-state index contributed by atoms with van der Waals surface area (Å²) >= 11 is 11.9. The van der Waals surface area contributed by atoms with Crippen molar-refractivity contribution in [2.24, 2.45) is 0 Å². The number of halogens is 2. The first kappa shape index (κ1) is 17.7. The minimum absolute atomic E-state index is 0.0823. The zero-order valence-electron chi connectivity index (χ0n) is 12.5. The van der Waals surface area contributed by atoms with Crippen molar-refractivity contribution >= 4 is 44.9 Å². The summed E-state index contributed by atoms with van der Waals surface area (Å²) in [7, 11) is -3.88. The standard InChI is InChI=1S/C15H11Cl2N3O4S/c16-10-1-2-11(12(17)7-10)15-20(13(21)8-25(15,23)24)19-14(22)9-3-5-18-6-4-9/h1-7,15H,8H2,(H,19,22)/t15-/m1/s1. The second-order valence-corrected chi connectivity index (χ2v) is 8.17. The molecule has 2 aromatic rings. The molecular formula is C15H11Cl2N3O4S. The number of amides is 2. The van der Waals surface area contributed by atoms with Gasteiger partial charge in [0.05, 0.1) is 0 Å². The Bertz CT molecular complexity index is 951. The molecule has 130 valence electrons. The molecule has 3 rings (SSSR count). The van der Waals surface area contributed by atoms with Crippen LogP contribution < -0.4 is 5.43 Å². The Morgan fingerprint density at radius 2 is 1.88 bits per heavy atom. The van der Waals surface area contributed by atoms with Crippen LogP contribution in [-0.2, 0) is 14.6 Å². The summed E-state index contributed by atoms with van der Waals surface area (Å²) in [5.74, 6) is -2.12. The molecule has 1 fully saturated rings. The first-order valence-corrected chi connectivity index (χ1v) is 9.46. The number of hydrogen-bond donors (Lipinski definition) is 1. The number of nitrogens with one attached hydrogen (secondary N) is 1. The Labute approximate surface area is 153 Å². The van der Waals surface area contributed by atoms with Gasteiger partial charge in [-0.25, -0.2) is 13.4 Å². The molecule has 1 aliphatic rings. The predicted molar refractivity (Wildman–Crippen MR) is 91.5 cm³/mol. The van der Waals surface area contributed by atoms with Gasteiger partial charge in [0.2, 0.25) is 0 Å². The van der Waals surface area contributed by atoms with E-state index in [1.807, 2.05) is 0 Å². The van der Waals surface area contributed by atoms with Crippen molar-refractivity contribution in [3.8, 4) is 0 Å². The number of nitrogens with zero attached hydrogens (tertiary/aromatic N) is 2. The Morgan fingerprint density at radius 1 is 1.20 bits per heavy atom. The molecule has 0 saturated carbocycles. The molecule has 0 aliphatic carbocycles. The van der Waals surface area contributed by atoms with Gasteiger partial charge in [-0.15, -0.1) is 0 Å². The monoisotopic (exact) mass is 399 g/mol. The van der Waals surface area contributed by atoms with Crippen molar-refractivity contribution < 1.29 is 18.0 Å². The van der Waals surface area contributed by atoms with E-state index in [1.54, 1.807) is 0 Å². The quantitative estimate of drug-likeness (QED) is 0.850. The number of pyridine rings is 1. The van der Waals surface area contributed by atoms with Crippen molar-refractivity contribution in [1.82, 2.24) is 15.4 Å². The Kier molecular flexibility index (Phi) is 4.68. The van der Waals surface area contributed by atoms with E-state index < -0.39 is 32.8 Å². The number of carbonyl (C=O) groups is 2. The minimum atomic E-state index is -3.88. The Morgan fingerprint density at radius 3 is 2.52 bits per heavy atom. The Hall–Kier alpha value is -2.16. The third-order valence-electron chi connectivity index (χ3n) is 3.56. The smallest absolute Gasteiger partial charge is 0.270 e. The van der Waals surface area contributed by atoms with Crippen molar-refractivity contribution in [3.05, 3.63) is 63.9 Å². The lowest BCUT2D eigenvalue weighted by Crippen LogP contribution is -2.45. The second-order valence-electron chi connectivity index (χ2n) is 5.27. The molecule has 25 heavy (non-hydrogen) atoms. The summed E-state index contributed by atoms with van der Waals surface area (Å²) < 4.78 is 24.8. The molecule has 1 aliphatic heterocycles. The van der Waals surface area contributed by atoms with Gasteiger partial charge in [0.1, 0.15) is 5.75 Å². The molecule has 1 N–H and O–H groups in total. The maximum atomic E-state index is 12.4. The molecule has 10 heteroatoms. The fraction of sp³-hybridized carbons (Fsp3) is 0.133. The van der Waals surface area contributed by atoms with Crippen LogP contribution in [0.2, 0.25) is 10.0 Å². The molecule has 1 saturated heterocycles. The summed E-state index contributed by atoms with van der Waals surface area (Å²) in [4.78, 5) is 28.3. The highest BCUT2D eigenvalue weighted by Crippen LogP contribution is 2.37. The lowest BCUT2D eigenvalue weighted by molar-refractivity contribution is -0.130. The largest absolute Gasteiger partial charge is 0.272 e. The van der Waals surface area contributed by atoms with Gasteiger partial charge in [0, 0.05) is 33.6 Å². The zero-order valence-corrected chi connectivity index (χ0v) is 14.8. The van der Waals surface area contributed by atoms with Crippen LogP contribution in [0.5, 0.6) is 0 Å². The lowest BCUT2D eigenvalue weighted by Gasteiger charge is -2.24. The molecule has 2 amide bonds. The molecule has 0 radical (unpaired) electrons. The van der Waals surface area contributed by atoms with Gasteiger partial charge in [0.25, 0.3) is 11.8 Å². The van der Waals surface area contributed by atoms with E-state index in [1.165, 1.54) is 42.7 Å². The highest BCUT2D eigenvalue weighted by molar-refractivity contribution is 7.92. The van der Waals surface area contributed by atoms with Gasteiger partial charge in [-0.05, 0) is 24.3 Å². The fourth-order valence-corrected chi connectivity index (χ4v) is 4.75. The van der Waals surface area contributed by atoms with Crippen LogP contribution in [0.4, 0.5) is 0 Å². The van der Waals surface area contributed by atoms with Gasteiger partial charge in [-0.3, -0.25) is 20.0 Å². The number of aromatic nitrogens is 1. The average Bonchev–Trinajstić information content (AvgIpc) is 2.77. The van der Waals surface area contributed by atoms with Crippen LogP contribution in [0.3, 0.4) is 0 Å². The third kappa shape index (κ3) is 3.46. The summed E-state index contributed by atoms with van der Waals surface area (Å²) in [6.07, 6.45) is 2.82. The number of sulfone groups is 1. The molecular weight excluding hydrogens is 389 g/mol. The highest BCUT2D eigenvalue weighted by atomic mass is 35.5. The maximum Gasteiger partial charge on any atom is 0.270 e. The van der Waals surface area contributed by atoms with E-state index in [2.05, 4.69) is 10.4 Å². The van der Waals surface area contributed by atoms with E-state index in [0.29, 0.717) is 5.02 Å². The van der Waals surface area contributed by atoms with Gasteiger partial charge in [0.15, 0.2) is 15.2 Å². The number of hydrogen-bond acceptors (Lipinski definition) is 5. The molecule has 0 unspecified atom stereocenters. The predicted octanol–water partition coefficient (Wildman–Crippen LogP) is 1.99. The van der Waals surface area contributed by atoms with E-state index in [4.69, 9.17) is 23.2 Å². The normalized spacial score (nSPS) is 19.0. The molecule has 1 aromatic heterocycles. The van der Waals surface area contributed by atoms with Crippen molar-refractivity contribution in [2.75, 3.05) is 5.75 Å². The van der Waals surface area contributed by atoms with Gasteiger partial charge in [-0.1, -0.05) is 29.3 Å². The topological polar surface area (TPSA) is 96.4 Å². The zero-order chi connectivity index (χ0) is 18.2. The first-order chi connectivity index (χ1) is 11.8. The molecule has 7 nitrogen and oxygen atoms in total. The van der Waals surface area contributed by atoms with Gasteiger partial charge < -0.3 is 0 Å². The highest BCUT2D eigenvalue weighted by Gasteiger charge is 2.47. The molecule has 1 aromatic carbocycles. The van der Waals surface area contributed by atoms with E-state index in [9.17, 15) is 18.0 Å². The van der Waals surface area contributed by atoms with Crippen LogP contribution in [0.1, 0.15) is 21.3 Å². The summed E-state index contributed by atoms with van der Waals surface area (Å²) in [6.45, 7) is 0. The van der Waals surface area contributed by atoms with E-state index in [0.717, 1.165) is 5.01 Å². The molecule has 0 spiro atoms. The van der Waals surface area contributed by atoms with Crippen LogP contribution in [0, 0.1) is 0 Å². The van der Waals surface area contributed by atoms with Crippen molar-refractivity contribution in [3.63, 3.8) is 0 Å². The molecule has 1 atom stereocenters. The number of hydrazine groups is 1. The van der Waals surface area contributed by atoms with Crippen molar-refractivity contribution in [1.29, 1.82) is 0 Å². The number of rotatable bonds is 3. The van der Waals surface area contributed by atoms with E-state index in [-0.39, 0.29) is 16.1 Å². The van der Waals surface area contributed by atoms with Crippen LogP contribution in [0.25, 0.3) is 0 Å². The summed E-state index contributed by atoms with van der Waals surface area (Å²) in [6, 6.07) is 7.13. The van der Waals surface area contributed by atoms with Crippen LogP contribution >= 0.6 is 23.2 Å². The molecule has 2 heterocycles. The number of benzene rings is 1. The summed E-state index contributed by atoms with van der Waals surface area (Å²) in [5, 5.41) is -0.231. The van der Waals surface area contributed by atoms with Crippen LogP contribution in [0.15, 0.2) is 42.7 Å². The summed E-state index contributed by atoms with van der Waals surface area (Å²) in [5.41, 5.74) is 2.73. The third-order valence-corrected chi connectivity index (χ3v) is 5.92. The van der Waals surface area contributed by atoms with Crippen molar-refractivity contribution in [2.45, 2.75) is 5.37 Å². The first-order valence-electron chi connectivity index (χ1n) is 6.99. The van der Waals surface area contributed by atoms with E-state index >= 15 is 0 Å².